The second-order valence-electron chi connectivity index (χ2n) is 6.73. The lowest BCUT2D eigenvalue weighted by molar-refractivity contribution is 0.571. The first-order valence-corrected chi connectivity index (χ1v) is 10.1. The van der Waals surface area contributed by atoms with Crippen molar-refractivity contribution in [3.63, 3.8) is 0 Å². The number of oxazole rings is 1. The molecule has 4 aromatic rings. The molecular formula is C21H17FN4OS. The number of benzene rings is 2. The first-order valence-electron chi connectivity index (χ1n) is 9.12. The summed E-state index contributed by atoms with van der Waals surface area (Å²) in [5.41, 5.74) is 2.47. The van der Waals surface area contributed by atoms with Crippen LogP contribution in [0.25, 0.3) is 17.1 Å². The van der Waals surface area contributed by atoms with Gasteiger partial charge in [0.2, 0.25) is 5.89 Å². The molecule has 0 bridgehead atoms. The van der Waals surface area contributed by atoms with Gasteiger partial charge in [-0.1, -0.05) is 36.0 Å². The first-order chi connectivity index (χ1) is 13.8. The van der Waals surface area contributed by atoms with Crippen LogP contribution in [-0.2, 0) is 5.75 Å². The van der Waals surface area contributed by atoms with E-state index in [1.165, 1.54) is 12.1 Å². The molecule has 1 aliphatic carbocycles. The SMILES string of the molecule is Fc1cccc(-c2nc(CSc3nnc(C4CC4)n3-c3ccccc3)co2)c1. The van der Waals surface area contributed by atoms with Crippen LogP contribution in [0.5, 0.6) is 0 Å². The maximum Gasteiger partial charge on any atom is 0.226 e. The molecule has 1 saturated carbocycles. The van der Waals surface area contributed by atoms with Crippen LogP contribution in [0.2, 0.25) is 0 Å². The third-order valence-electron chi connectivity index (χ3n) is 4.59. The van der Waals surface area contributed by atoms with Crippen molar-refractivity contribution in [3.8, 4) is 17.1 Å². The van der Waals surface area contributed by atoms with Crippen molar-refractivity contribution < 1.29 is 8.81 Å². The van der Waals surface area contributed by atoms with Crippen LogP contribution in [0, 0.1) is 5.82 Å². The molecule has 0 saturated heterocycles. The monoisotopic (exact) mass is 392 g/mol. The molecule has 7 heteroatoms. The van der Waals surface area contributed by atoms with Gasteiger partial charge in [-0.05, 0) is 43.2 Å². The molecule has 5 nitrogen and oxygen atoms in total. The van der Waals surface area contributed by atoms with Gasteiger partial charge in [0, 0.05) is 22.9 Å². The van der Waals surface area contributed by atoms with Crippen LogP contribution >= 0.6 is 11.8 Å². The molecule has 28 heavy (non-hydrogen) atoms. The van der Waals surface area contributed by atoms with Crippen LogP contribution < -0.4 is 0 Å². The Hall–Kier alpha value is -2.93. The molecule has 140 valence electrons. The van der Waals surface area contributed by atoms with Gasteiger partial charge in [-0.3, -0.25) is 4.57 Å². The molecule has 0 atom stereocenters. The summed E-state index contributed by atoms with van der Waals surface area (Å²) in [6, 6.07) is 16.4. The maximum atomic E-state index is 13.4. The Labute approximate surface area is 165 Å². The highest BCUT2D eigenvalue weighted by Crippen LogP contribution is 2.41. The van der Waals surface area contributed by atoms with E-state index in [-0.39, 0.29) is 5.82 Å². The van der Waals surface area contributed by atoms with Gasteiger partial charge in [-0.2, -0.15) is 0 Å². The highest BCUT2D eigenvalue weighted by molar-refractivity contribution is 7.98. The number of aromatic nitrogens is 4. The average molecular weight is 392 g/mol. The van der Waals surface area contributed by atoms with Gasteiger partial charge in [0.1, 0.15) is 17.9 Å². The largest absolute Gasteiger partial charge is 0.444 e. The van der Waals surface area contributed by atoms with E-state index in [2.05, 4.69) is 31.9 Å². The molecule has 1 fully saturated rings. The van der Waals surface area contributed by atoms with E-state index in [4.69, 9.17) is 4.42 Å². The van der Waals surface area contributed by atoms with Crippen molar-refractivity contribution in [2.45, 2.75) is 29.7 Å². The highest BCUT2D eigenvalue weighted by Gasteiger charge is 2.31. The lowest BCUT2D eigenvalue weighted by Gasteiger charge is -2.09. The third kappa shape index (κ3) is 3.45. The predicted octanol–water partition coefficient (Wildman–Crippen LogP) is 5.23. The molecule has 0 aliphatic heterocycles. The lowest BCUT2D eigenvalue weighted by Crippen LogP contribution is -2.01. The quantitative estimate of drug-likeness (QED) is 0.421. The molecule has 5 rings (SSSR count). The molecule has 2 aromatic heterocycles. The Bertz CT molecular complexity index is 1100. The van der Waals surface area contributed by atoms with Gasteiger partial charge in [-0.15, -0.1) is 10.2 Å². The molecular weight excluding hydrogens is 375 g/mol. The van der Waals surface area contributed by atoms with E-state index in [1.807, 2.05) is 18.2 Å². The normalized spacial score (nSPS) is 13.8. The average Bonchev–Trinajstić information content (AvgIpc) is 3.30. The fourth-order valence-electron chi connectivity index (χ4n) is 3.07. The summed E-state index contributed by atoms with van der Waals surface area (Å²) in [6.07, 6.45) is 3.93. The number of hydrogen-bond donors (Lipinski definition) is 0. The van der Waals surface area contributed by atoms with Gasteiger partial charge >= 0.3 is 0 Å². The van der Waals surface area contributed by atoms with Crippen molar-refractivity contribution >= 4 is 11.8 Å². The zero-order valence-corrected chi connectivity index (χ0v) is 15.8. The maximum absolute atomic E-state index is 13.4. The smallest absolute Gasteiger partial charge is 0.226 e. The van der Waals surface area contributed by atoms with Gasteiger partial charge in [-0.25, -0.2) is 9.37 Å². The summed E-state index contributed by atoms with van der Waals surface area (Å²) in [7, 11) is 0. The van der Waals surface area contributed by atoms with Crippen molar-refractivity contribution in [2.75, 3.05) is 0 Å². The summed E-state index contributed by atoms with van der Waals surface area (Å²) in [5.74, 6) is 2.21. The molecule has 0 spiro atoms. The lowest BCUT2D eigenvalue weighted by atomic mass is 10.2. The van der Waals surface area contributed by atoms with Crippen molar-refractivity contribution in [1.82, 2.24) is 19.7 Å². The molecule has 2 aromatic carbocycles. The number of rotatable bonds is 6. The molecule has 0 amide bonds. The highest BCUT2D eigenvalue weighted by atomic mass is 32.2. The van der Waals surface area contributed by atoms with Crippen LogP contribution in [0.3, 0.4) is 0 Å². The van der Waals surface area contributed by atoms with Gasteiger partial charge in [0.15, 0.2) is 5.16 Å². The topological polar surface area (TPSA) is 56.7 Å². The minimum atomic E-state index is -0.310. The standard InChI is InChI=1S/C21H17FN4OS/c22-16-6-4-5-15(11-16)20-23-17(12-27-20)13-28-21-25-24-19(14-9-10-14)26(21)18-7-2-1-3-8-18/h1-8,11-12,14H,9-10,13H2. The summed E-state index contributed by atoms with van der Waals surface area (Å²) in [5, 5.41) is 9.69. The van der Waals surface area contributed by atoms with Crippen molar-refractivity contribution in [3.05, 3.63) is 78.2 Å². The fourth-order valence-corrected chi connectivity index (χ4v) is 3.90. The number of halogens is 1. The summed E-state index contributed by atoms with van der Waals surface area (Å²) in [4.78, 5) is 4.48. The molecule has 1 aliphatic rings. The Morgan fingerprint density at radius 3 is 2.71 bits per heavy atom. The van der Waals surface area contributed by atoms with Gasteiger partial charge in [0.25, 0.3) is 0 Å². The fraction of sp³-hybridized carbons (Fsp3) is 0.190. The predicted molar refractivity (Wildman–Crippen MR) is 105 cm³/mol. The number of hydrogen-bond acceptors (Lipinski definition) is 5. The number of nitrogens with zero attached hydrogens (tertiary/aromatic N) is 4. The van der Waals surface area contributed by atoms with E-state index < -0.39 is 0 Å². The number of thioether (sulfide) groups is 1. The minimum absolute atomic E-state index is 0.310. The van der Waals surface area contributed by atoms with E-state index in [0.717, 1.165) is 35.2 Å². The van der Waals surface area contributed by atoms with E-state index in [1.54, 1.807) is 30.2 Å². The molecule has 0 N–H and O–H groups in total. The molecule has 0 radical (unpaired) electrons. The summed E-state index contributed by atoms with van der Waals surface area (Å²) < 4.78 is 21.1. The van der Waals surface area contributed by atoms with E-state index in [9.17, 15) is 4.39 Å². The molecule has 2 heterocycles. The second-order valence-corrected chi connectivity index (χ2v) is 7.67. The summed E-state index contributed by atoms with van der Waals surface area (Å²) in [6.45, 7) is 0. The third-order valence-corrected chi connectivity index (χ3v) is 5.55. The van der Waals surface area contributed by atoms with Crippen LogP contribution in [0.4, 0.5) is 4.39 Å². The Balaban J connectivity index is 1.38. The van der Waals surface area contributed by atoms with Crippen LogP contribution in [0.15, 0.2) is 70.4 Å². The van der Waals surface area contributed by atoms with E-state index in [0.29, 0.717) is 23.1 Å². The van der Waals surface area contributed by atoms with Crippen molar-refractivity contribution in [1.29, 1.82) is 0 Å². The zero-order valence-electron chi connectivity index (χ0n) is 15.0. The Morgan fingerprint density at radius 1 is 1.07 bits per heavy atom. The van der Waals surface area contributed by atoms with Crippen LogP contribution in [0.1, 0.15) is 30.3 Å². The van der Waals surface area contributed by atoms with E-state index >= 15 is 0 Å². The summed E-state index contributed by atoms with van der Waals surface area (Å²) >= 11 is 1.57. The first kappa shape index (κ1) is 17.2. The van der Waals surface area contributed by atoms with Crippen LogP contribution in [-0.4, -0.2) is 19.7 Å². The Morgan fingerprint density at radius 2 is 1.93 bits per heavy atom. The second kappa shape index (κ2) is 7.24. The minimum Gasteiger partial charge on any atom is -0.444 e. The number of para-hydroxylation sites is 1. The van der Waals surface area contributed by atoms with Crippen molar-refractivity contribution in [2.24, 2.45) is 0 Å². The van der Waals surface area contributed by atoms with Gasteiger partial charge in [0.05, 0.1) is 5.69 Å². The van der Waals surface area contributed by atoms with Gasteiger partial charge < -0.3 is 4.42 Å². The zero-order chi connectivity index (χ0) is 18.9. The Kier molecular flexibility index (Phi) is 4.44. The molecule has 0 unspecified atom stereocenters.